The molecule has 2 aromatic rings. The van der Waals surface area contributed by atoms with E-state index in [0.717, 1.165) is 11.4 Å². The van der Waals surface area contributed by atoms with E-state index in [1.165, 1.54) is 0 Å². The van der Waals surface area contributed by atoms with Crippen LogP contribution in [-0.2, 0) is 4.79 Å². The zero-order valence-corrected chi connectivity index (χ0v) is 15.1. The van der Waals surface area contributed by atoms with Gasteiger partial charge in [0, 0.05) is 15.7 Å². The predicted octanol–water partition coefficient (Wildman–Crippen LogP) is 5.08. The Labute approximate surface area is 152 Å². The quantitative estimate of drug-likeness (QED) is 0.718. The summed E-state index contributed by atoms with van der Waals surface area (Å²) in [6, 6.07) is 12.4. The van der Waals surface area contributed by atoms with Gasteiger partial charge in [-0.3, -0.25) is 4.79 Å². The molecule has 0 atom stereocenters. The van der Waals surface area contributed by atoms with Crippen molar-refractivity contribution in [2.75, 3.05) is 23.8 Å². The minimum atomic E-state index is -0.202. The summed E-state index contributed by atoms with van der Waals surface area (Å²) in [6.45, 7) is 4.89. The van der Waals surface area contributed by atoms with Crippen molar-refractivity contribution in [3.8, 4) is 5.75 Å². The molecule has 0 spiro atoms. The summed E-state index contributed by atoms with van der Waals surface area (Å²) in [7, 11) is 0. The van der Waals surface area contributed by atoms with Crippen molar-refractivity contribution in [3.05, 3.63) is 52.5 Å². The number of hydrogen-bond donors (Lipinski definition) is 2. The van der Waals surface area contributed by atoms with Crippen LogP contribution in [0.15, 0.2) is 42.5 Å². The van der Waals surface area contributed by atoms with Crippen LogP contribution in [0.25, 0.3) is 0 Å². The smallest absolute Gasteiger partial charge is 0.243 e. The third-order valence-corrected chi connectivity index (χ3v) is 3.48. The van der Waals surface area contributed by atoms with Gasteiger partial charge in [0.05, 0.1) is 18.8 Å². The molecule has 0 aliphatic carbocycles. The van der Waals surface area contributed by atoms with Crippen molar-refractivity contribution in [3.63, 3.8) is 0 Å². The minimum Gasteiger partial charge on any atom is -0.491 e. The molecule has 0 aliphatic heterocycles. The molecule has 2 aromatic carbocycles. The predicted molar refractivity (Wildman–Crippen MR) is 100 cm³/mol. The minimum absolute atomic E-state index is 0.103. The maximum Gasteiger partial charge on any atom is 0.243 e. The van der Waals surface area contributed by atoms with Crippen LogP contribution in [-0.4, -0.2) is 19.1 Å². The van der Waals surface area contributed by atoms with Gasteiger partial charge < -0.3 is 15.4 Å². The highest BCUT2D eigenvalue weighted by atomic mass is 35.5. The third-order valence-electron chi connectivity index (χ3n) is 3.04. The van der Waals surface area contributed by atoms with Crippen LogP contribution < -0.4 is 15.4 Å². The Morgan fingerprint density at radius 1 is 1.12 bits per heavy atom. The lowest BCUT2D eigenvalue weighted by atomic mass is 10.2. The van der Waals surface area contributed by atoms with Crippen LogP contribution in [0.2, 0.25) is 10.0 Å². The van der Waals surface area contributed by atoms with Crippen LogP contribution in [0.4, 0.5) is 11.4 Å². The van der Waals surface area contributed by atoms with Gasteiger partial charge in [0.15, 0.2) is 0 Å². The molecule has 0 aliphatic rings. The number of benzene rings is 2. The summed E-state index contributed by atoms with van der Waals surface area (Å²) in [4.78, 5) is 12.1. The molecule has 0 saturated carbocycles. The van der Waals surface area contributed by atoms with Gasteiger partial charge in [0.1, 0.15) is 5.75 Å². The number of ether oxygens (including phenoxy) is 1. The second kappa shape index (κ2) is 8.81. The summed E-state index contributed by atoms with van der Waals surface area (Å²) >= 11 is 11.8. The zero-order chi connectivity index (χ0) is 17.5. The fraction of sp³-hybridized carbons (Fsp3) is 0.278. The summed E-state index contributed by atoms with van der Waals surface area (Å²) in [6.07, 6.45) is 0. The van der Waals surface area contributed by atoms with Gasteiger partial charge in [0.25, 0.3) is 0 Å². The first-order chi connectivity index (χ1) is 11.4. The highest BCUT2D eigenvalue weighted by Crippen LogP contribution is 2.25. The Kier molecular flexibility index (Phi) is 6.76. The van der Waals surface area contributed by atoms with Crippen molar-refractivity contribution < 1.29 is 9.53 Å². The summed E-state index contributed by atoms with van der Waals surface area (Å²) < 4.78 is 5.75. The molecule has 1 amide bonds. The van der Waals surface area contributed by atoms with Gasteiger partial charge in [0.2, 0.25) is 5.91 Å². The number of amides is 1. The van der Waals surface area contributed by atoms with Crippen LogP contribution in [0.1, 0.15) is 13.8 Å². The van der Waals surface area contributed by atoms with Crippen LogP contribution >= 0.6 is 23.2 Å². The molecule has 0 aromatic heterocycles. The van der Waals surface area contributed by atoms with Crippen LogP contribution in [0.3, 0.4) is 0 Å². The largest absolute Gasteiger partial charge is 0.491 e. The lowest BCUT2D eigenvalue weighted by Crippen LogP contribution is -2.22. The molecular weight excluding hydrogens is 347 g/mol. The fourth-order valence-electron chi connectivity index (χ4n) is 2.00. The number of rotatable bonds is 7. The first-order valence-corrected chi connectivity index (χ1v) is 8.41. The molecule has 0 saturated heterocycles. The van der Waals surface area contributed by atoms with Gasteiger partial charge in [-0.05, 0) is 36.2 Å². The van der Waals surface area contributed by atoms with Crippen molar-refractivity contribution in [2.45, 2.75) is 13.8 Å². The SMILES string of the molecule is CC(C)COc1ccccc1NCC(=O)Nc1cc(Cl)cc(Cl)c1. The lowest BCUT2D eigenvalue weighted by Gasteiger charge is -2.14. The number of carbonyl (C=O) groups excluding carboxylic acids is 1. The van der Waals surface area contributed by atoms with E-state index in [4.69, 9.17) is 27.9 Å². The van der Waals surface area contributed by atoms with E-state index in [1.807, 2.05) is 24.3 Å². The van der Waals surface area contributed by atoms with Crippen molar-refractivity contribution in [2.24, 2.45) is 5.92 Å². The van der Waals surface area contributed by atoms with E-state index >= 15 is 0 Å². The maximum atomic E-state index is 12.1. The van der Waals surface area contributed by atoms with E-state index in [1.54, 1.807) is 18.2 Å². The van der Waals surface area contributed by atoms with Gasteiger partial charge in [-0.1, -0.05) is 49.2 Å². The van der Waals surface area contributed by atoms with Gasteiger partial charge in [-0.15, -0.1) is 0 Å². The molecule has 2 N–H and O–H groups in total. The first-order valence-electron chi connectivity index (χ1n) is 7.65. The maximum absolute atomic E-state index is 12.1. The van der Waals surface area contributed by atoms with Crippen LogP contribution in [0.5, 0.6) is 5.75 Å². The molecule has 0 unspecified atom stereocenters. The number of halogens is 2. The van der Waals surface area contributed by atoms with Crippen molar-refractivity contribution >= 4 is 40.5 Å². The summed E-state index contributed by atoms with van der Waals surface area (Å²) in [5.74, 6) is 0.950. The topological polar surface area (TPSA) is 50.4 Å². The number of hydrogen-bond acceptors (Lipinski definition) is 3. The Morgan fingerprint density at radius 2 is 1.79 bits per heavy atom. The monoisotopic (exact) mass is 366 g/mol. The average Bonchev–Trinajstić information content (AvgIpc) is 2.50. The Bertz CT molecular complexity index is 685. The number of para-hydroxylation sites is 2. The average molecular weight is 367 g/mol. The standard InChI is InChI=1S/C18H20Cl2N2O2/c1-12(2)11-24-17-6-4-3-5-16(17)21-10-18(23)22-15-8-13(19)7-14(20)9-15/h3-9,12,21H,10-11H2,1-2H3,(H,22,23). The normalized spacial score (nSPS) is 10.5. The summed E-state index contributed by atoms with van der Waals surface area (Å²) in [5, 5.41) is 6.78. The van der Waals surface area contributed by atoms with E-state index in [0.29, 0.717) is 28.3 Å². The second-order valence-electron chi connectivity index (χ2n) is 5.76. The lowest BCUT2D eigenvalue weighted by molar-refractivity contribution is -0.114. The van der Waals surface area contributed by atoms with Gasteiger partial charge in [-0.25, -0.2) is 0 Å². The molecule has 4 nitrogen and oxygen atoms in total. The molecule has 24 heavy (non-hydrogen) atoms. The molecular formula is C18H20Cl2N2O2. The summed E-state index contributed by atoms with van der Waals surface area (Å²) in [5.41, 5.74) is 1.33. The Balaban J connectivity index is 1.94. The molecule has 0 fully saturated rings. The van der Waals surface area contributed by atoms with Crippen molar-refractivity contribution in [1.82, 2.24) is 0 Å². The van der Waals surface area contributed by atoms with E-state index < -0.39 is 0 Å². The number of carbonyl (C=O) groups is 1. The highest BCUT2D eigenvalue weighted by Gasteiger charge is 2.08. The molecule has 128 valence electrons. The number of nitrogens with one attached hydrogen (secondary N) is 2. The molecule has 0 heterocycles. The Hall–Kier alpha value is -1.91. The second-order valence-corrected chi connectivity index (χ2v) is 6.63. The van der Waals surface area contributed by atoms with Crippen molar-refractivity contribution in [1.29, 1.82) is 0 Å². The zero-order valence-electron chi connectivity index (χ0n) is 13.6. The molecule has 6 heteroatoms. The molecule has 2 rings (SSSR count). The van der Waals surface area contributed by atoms with Gasteiger partial charge in [-0.2, -0.15) is 0 Å². The third kappa shape index (κ3) is 5.95. The highest BCUT2D eigenvalue weighted by molar-refractivity contribution is 6.35. The fourth-order valence-corrected chi connectivity index (χ4v) is 2.53. The number of anilines is 2. The first kappa shape index (κ1) is 18.4. The van der Waals surface area contributed by atoms with E-state index in [9.17, 15) is 4.79 Å². The molecule has 0 radical (unpaired) electrons. The Morgan fingerprint density at radius 3 is 2.46 bits per heavy atom. The molecule has 0 bridgehead atoms. The van der Waals surface area contributed by atoms with Crippen LogP contribution in [0, 0.1) is 5.92 Å². The van der Waals surface area contributed by atoms with E-state index in [2.05, 4.69) is 24.5 Å². The van der Waals surface area contributed by atoms with E-state index in [-0.39, 0.29) is 12.5 Å². The van der Waals surface area contributed by atoms with Gasteiger partial charge >= 0.3 is 0 Å².